The number of carboxylic acid groups (broad SMARTS) is 1. The maximum absolute atomic E-state index is 13.2. The van der Waals surface area contributed by atoms with Gasteiger partial charge in [-0.05, 0) is 128 Å². The first kappa shape index (κ1) is 34.5. The minimum Gasteiger partial charge on any atom is -0.481 e. The Morgan fingerprint density at radius 1 is 0.822 bits per heavy atom. The van der Waals surface area contributed by atoms with Crippen molar-refractivity contribution in [3.8, 4) is 0 Å². The van der Waals surface area contributed by atoms with Gasteiger partial charge in [0.2, 0.25) is 0 Å². The van der Waals surface area contributed by atoms with Gasteiger partial charge in [-0.1, -0.05) is 60.6 Å². The molecule has 45 heavy (non-hydrogen) atoms. The molecule has 5 aliphatic carbocycles. The van der Waals surface area contributed by atoms with Gasteiger partial charge in [-0.2, -0.15) is 0 Å². The lowest BCUT2D eigenvalue weighted by molar-refractivity contribution is -0.250. The molecule has 0 aliphatic heterocycles. The third-order valence-corrected chi connectivity index (χ3v) is 15.4. The molecule has 0 unspecified atom stereocenters. The Kier molecular flexibility index (Phi) is 8.73. The molecule has 10 atom stereocenters. The molecule has 0 spiro atoms. The van der Waals surface area contributed by atoms with E-state index in [4.69, 9.17) is 9.47 Å². The van der Waals surface area contributed by atoms with E-state index in [1.54, 1.807) is 0 Å². The number of fused-ring (bicyclic) bond motifs is 7. The van der Waals surface area contributed by atoms with Crippen molar-refractivity contribution in [2.45, 2.75) is 145 Å². The highest BCUT2D eigenvalue weighted by molar-refractivity contribution is 5.74. The van der Waals surface area contributed by atoms with Gasteiger partial charge in [-0.3, -0.25) is 14.4 Å². The quantitative estimate of drug-likeness (QED) is 0.214. The molecule has 5 fully saturated rings. The summed E-state index contributed by atoms with van der Waals surface area (Å²) < 4.78 is 11.1. The fourth-order valence-electron chi connectivity index (χ4n) is 13.2. The van der Waals surface area contributed by atoms with Crippen LogP contribution in [-0.2, 0) is 23.9 Å². The van der Waals surface area contributed by atoms with Crippen molar-refractivity contribution in [3.05, 3.63) is 12.2 Å². The van der Waals surface area contributed by atoms with Gasteiger partial charge in [0, 0.05) is 5.41 Å². The van der Waals surface area contributed by atoms with E-state index in [9.17, 15) is 19.5 Å². The minimum absolute atomic E-state index is 0.0841. The summed E-state index contributed by atoms with van der Waals surface area (Å²) in [5.74, 6) is 1.30. The molecule has 5 aliphatic rings. The van der Waals surface area contributed by atoms with E-state index in [1.807, 2.05) is 13.8 Å². The maximum Gasteiger partial charge on any atom is 0.306 e. The number of ether oxygens (including phenoxy) is 2. The fourth-order valence-corrected chi connectivity index (χ4v) is 13.2. The monoisotopic (exact) mass is 626 g/mol. The molecule has 0 saturated heterocycles. The molecule has 0 aromatic rings. The van der Waals surface area contributed by atoms with Crippen molar-refractivity contribution < 1.29 is 29.0 Å². The highest BCUT2D eigenvalue weighted by atomic mass is 16.5. The Morgan fingerprint density at radius 3 is 2.11 bits per heavy atom. The highest BCUT2D eigenvalue weighted by Gasteiger charge is 2.71. The van der Waals surface area contributed by atoms with E-state index in [1.165, 1.54) is 31.9 Å². The number of carbonyl (C=O) groups excluding carboxylic acids is 2. The predicted molar refractivity (Wildman–Crippen MR) is 176 cm³/mol. The van der Waals surface area contributed by atoms with Crippen LogP contribution in [0.4, 0.5) is 0 Å². The van der Waals surface area contributed by atoms with E-state index in [0.29, 0.717) is 36.0 Å². The average Bonchev–Trinajstić information content (AvgIpc) is 3.29. The summed E-state index contributed by atoms with van der Waals surface area (Å²) in [6.07, 6.45) is 11.5. The van der Waals surface area contributed by atoms with Crippen LogP contribution >= 0.6 is 0 Å². The van der Waals surface area contributed by atoms with E-state index >= 15 is 0 Å². The summed E-state index contributed by atoms with van der Waals surface area (Å²) in [7, 11) is 1.38. The second-order valence-electron chi connectivity index (χ2n) is 18.6. The highest BCUT2D eigenvalue weighted by Crippen LogP contribution is 2.78. The van der Waals surface area contributed by atoms with Crippen molar-refractivity contribution in [1.82, 2.24) is 0 Å². The lowest BCUT2D eigenvalue weighted by Gasteiger charge is -2.73. The number of allylic oxidation sites excluding steroid dienone is 1. The van der Waals surface area contributed by atoms with Crippen molar-refractivity contribution in [2.75, 3.05) is 7.11 Å². The minimum atomic E-state index is -0.634. The van der Waals surface area contributed by atoms with Gasteiger partial charge in [-0.15, -0.1) is 0 Å². The van der Waals surface area contributed by atoms with Gasteiger partial charge in [0.05, 0.1) is 26.4 Å². The van der Waals surface area contributed by atoms with E-state index in [-0.39, 0.29) is 58.0 Å². The van der Waals surface area contributed by atoms with Crippen molar-refractivity contribution >= 4 is 17.9 Å². The lowest BCUT2D eigenvalue weighted by Crippen LogP contribution is -2.66. The van der Waals surface area contributed by atoms with Gasteiger partial charge in [0.1, 0.15) is 6.10 Å². The predicted octanol–water partition coefficient (Wildman–Crippen LogP) is 9.01. The smallest absolute Gasteiger partial charge is 0.306 e. The van der Waals surface area contributed by atoms with Crippen LogP contribution in [0.5, 0.6) is 0 Å². The molecule has 0 heterocycles. The number of methoxy groups -OCH3 is 1. The number of hydrogen-bond donors (Lipinski definition) is 1. The van der Waals surface area contributed by atoms with Gasteiger partial charge < -0.3 is 14.6 Å². The second-order valence-corrected chi connectivity index (χ2v) is 18.6. The van der Waals surface area contributed by atoms with Crippen molar-refractivity contribution in [1.29, 1.82) is 0 Å². The van der Waals surface area contributed by atoms with Crippen LogP contribution < -0.4 is 0 Å². The third kappa shape index (κ3) is 5.40. The van der Waals surface area contributed by atoms with Gasteiger partial charge in [0.15, 0.2) is 0 Å². The number of carboxylic acids is 1. The standard InChI is InChI=1S/C39H62O6/c1-24(2)25-13-18-39(21-30(40)41)20-19-37(8)26(33(25)39)11-12-28-36(7)16-15-29(35(5,6)27(36)14-17-38(28,37)9)45-32(43)23-34(3,4)22-31(42)44-10/h25-29,33H,1,11-23H2,2-10H3,(H,40,41)/t25-,26+,27-,28+,29-,33+,36-,37+,38+,39+/m0/s1. The Hall–Kier alpha value is -1.85. The van der Waals surface area contributed by atoms with Crippen LogP contribution in [0.2, 0.25) is 0 Å². The molecule has 6 heteroatoms. The second kappa shape index (κ2) is 11.4. The molecule has 5 saturated carbocycles. The molecule has 0 aromatic carbocycles. The summed E-state index contributed by atoms with van der Waals surface area (Å²) in [5, 5.41) is 10.0. The van der Waals surface area contributed by atoms with Crippen LogP contribution in [0.25, 0.3) is 0 Å². The summed E-state index contributed by atoms with van der Waals surface area (Å²) in [5.41, 5.74) is 1.04. The molecule has 1 N–H and O–H groups in total. The summed E-state index contributed by atoms with van der Waals surface area (Å²) in [4.78, 5) is 37.4. The third-order valence-electron chi connectivity index (χ3n) is 15.4. The fraction of sp³-hybridized carbons (Fsp3) is 0.872. The van der Waals surface area contributed by atoms with E-state index in [0.717, 1.165) is 44.9 Å². The molecule has 0 amide bonds. The molecule has 6 nitrogen and oxygen atoms in total. The summed E-state index contributed by atoms with van der Waals surface area (Å²) >= 11 is 0. The van der Waals surface area contributed by atoms with Crippen LogP contribution in [0, 0.1) is 62.1 Å². The Balaban J connectivity index is 1.38. The number of rotatable bonds is 8. The van der Waals surface area contributed by atoms with E-state index < -0.39 is 11.4 Å². The zero-order chi connectivity index (χ0) is 33.4. The topological polar surface area (TPSA) is 89.9 Å². The van der Waals surface area contributed by atoms with Crippen molar-refractivity contribution in [2.24, 2.45) is 62.1 Å². The zero-order valence-corrected chi connectivity index (χ0v) is 29.9. The molecule has 5 rings (SSSR count). The molecule has 0 aromatic heterocycles. The number of hydrogen-bond acceptors (Lipinski definition) is 5. The number of carbonyl (C=O) groups is 3. The first-order valence-corrected chi connectivity index (χ1v) is 17.9. The largest absolute Gasteiger partial charge is 0.481 e. The van der Waals surface area contributed by atoms with Crippen molar-refractivity contribution in [3.63, 3.8) is 0 Å². The van der Waals surface area contributed by atoms with Crippen LogP contribution in [0.3, 0.4) is 0 Å². The van der Waals surface area contributed by atoms with Crippen LogP contribution in [-0.4, -0.2) is 36.2 Å². The van der Waals surface area contributed by atoms with E-state index in [2.05, 4.69) is 48.1 Å². The number of esters is 2. The Labute approximate surface area is 272 Å². The van der Waals surface area contributed by atoms with Gasteiger partial charge in [-0.25, -0.2) is 0 Å². The first-order valence-electron chi connectivity index (χ1n) is 17.9. The Morgan fingerprint density at radius 2 is 1.49 bits per heavy atom. The molecule has 0 bridgehead atoms. The molecule has 0 radical (unpaired) electrons. The van der Waals surface area contributed by atoms with Gasteiger partial charge in [0.25, 0.3) is 0 Å². The molecular formula is C39H62O6. The first-order chi connectivity index (χ1) is 20.8. The maximum atomic E-state index is 13.2. The van der Waals surface area contributed by atoms with Gasteiger partial charge >= 0.3 is 17.9 Å². The SMILES string of the molecule is C=C(C)[C@@H]1CC[C@]2(CC(=O)O)CC[C@]3(C)[C@H](CC[C@@H]4[C@@]5(C)CC[C@H](OC(=O)CC(C)(C)CC(=O)OC)C(C)(C)[C@@H]5CC[C@]43C)[C@@H]12. The summed E-state index contributed by atoms with van der Waals surface area (Å²) in [6.45, 7) is 22.9. The molecule has 254 valence electrons. The number of aliphatic carboxylic acids is 1. The van der Waals surface area contributed by atoms with Crippen LogP contribution in [0.1, 0.15) is 139 Å². The molecular weight excluding hydrogens is 564 g/mol. The summed E-state index contributed by atoms with van der Waals surface area (Å²) in [6, 6.07) is 0. The average molecular weight is 627 g/mol. The zero-order valence-electron chi connectivity index (χ0n) is 29.9. The normalized spacial score (nSPS) is 43.6. The van der Waals surface area contributed by atoms with Crippen LogP contribution in [0.15, 0.2) is 12.2 Å². The lowest BCUT2D eigenvalue weighted by atomic mass is 9.32. The Bertz CT molecular complexity index is 1220.